The number of hydrogen-bond donors (Lipinski definition) is 1. The molecule has 1 amide bonds. The summed E-state index contributed by atoms with van der Waals surface area (Å²) in [5, 5.41) is 3.07. The van der Waals surface area contributed by atoms with E-state index in [0.29, 0.717) is 18.6 Å². The Morgan fingerprint density at radius 2 is 1.64 bits per heavy atom. The average Bonchev–Trinajstić information content (AvgIpc) is 3.53. The molecule has 2 fully saturated rings. The van der Waals surface area contributed by atoms with E-state index in [2.05, 4.69) is 41.4 Å². The van der Waals surface area contributed by atoms with Crippen LogP contribution in [0.15, 0.2) is 54.6 Å². The number of amides is 1. The van der Waals surface area contributed by atoms with E-state index < -0.39 is 0 Å². The van der Waals surface area contributed by atoms with E-state index in [0.717, 1.165) is 11.6 Å². The van der Waals surface area contributed by atoms with Crippen LogP contribution in [0.3, 0.4) is 0 Å². The van der Waals surface area contributed by atoms with Crippen LogP contribution in [0.4, 0.5) is 5.69 Å². The van der Waals surface area contributed by atoms with Crippen LogP contribution in [0.1, 0.15) is 32.6 Å². The summed E-state index contributed by atoms with van der Waals surface area (Å²) < 4.78 is 0. The Balaban J connectivity index is 1.37. The standard InChI is InChI=1S/C22H26N2O/c1-16(17-7-8-17)24(21-13-14-21)15-22(25)23-20-11-9-19(10-12-20)18-5-3-2-4-6-18/h2-6,9-12,16-17,21H,7-8,13-15H2,1H3,(H,23,25). The number of benzene rings is 2. The van der Waals surface area contributed by atoms with Gasteiger partial charge in [0.15, 0.2) is 0 Å². The van der Waals surface area contributed by atoms with Crippen molar-refractivity contribution >= 4 is 11.6 Å². The zero-order valence-electron chi connectivity index (χ0n) is 14.8. The van der Waals surface area contributed by atoms with E-state index in [4.69, 9.17) is 0 Å². The van der Waals surface area contributed by atoms with Gasteiger partial charge in [-0.25, -0.2) is 0 Å². The van der Waals surface area contributed by atoms with Crippen molar-refractivity contribution in [3.8, 4) is 11.1 Å². The Morgan fingerprint density at radius 3 is 2.24 bits per heavy atom. The van der Waals surface area contributed by atoms with Crippen LogP contribution in [0.2, 0.25) is 0 Å². The van der Waals surface area contributed by atoms with E-state index in [9.17, 15) is 4.79 Å². The molecule has 0 saturated heterocycles. The van der Waals surface area contributed by atoms with E-state index in [1.54, 1.807) is 0 Å². The van der Waals surface area contributed by atoms with Crippen LogP contribution < -0.4 is 5.32 Å². The van der Waals surface area contributed by atoms with Gasteiger partial charge in [0.1, 0.15) is 0 Å². The van der Waals surface area contributed by atoms with Crippen LogP contribution in [-0.4, -0.2) is 29.4 Å². The Kier molecular flexibility index (Phi) is 4.58. The Bertz CT molecular complexity index is 717. The largest absolute Gasteiger partial charge is 0.325 e. The van der Waals surface area contributed by atoms with E-state index in [-0.39, 0.29) is 5.91 Å². The second-order valence-corrected chi connectivity index (χ2v) is 7.47. The molecule has 2 aliphatic rings. The fourth-order valence-electron chi connectivity index (χ4n) is 3.60. The number of nitrogens with one attached hydrogen (secondary N) is 1. The van der Waals surface area contributed by atoms with Crippen molar-refractivity contribution < 1.29 is 4.79 Å². The fourth-order valence-corrected chi connectivity index (χ4v) is 3.60. The van der Waals surface area contributed by atoms with Gasteiger partial charge in [-0.15, -0.1) is 0 Å². The van der Waals surface area contributed by atoms with Crippen LogP contribution in [-0.2, 0) is 4.79 Å². The van der Waals surface area contributed by atoms with Gasteiger partial charge in [0.25, 0.3) is 0 Å². The molecule has 2 aliphatic carbocycles. The van der Waals surface area contributed by atoms with Crippen LogP contribution in [0.25, 0.3) is 11.1 Å². The summed E-state index contributed by atoms with van der Waals surface area (Å²) in [7, 11) is 0. The van der Waals surface area contributed by atoms with Crippen LogP contribution >= 0.6 is 0 Å². The molecule has 3 nitrogen and oxygen atoms in total. The lowest BCUT2D eigenvalue weighted by molar-refractivity contribution is -0.118. The number of hydrogen-bond acceptors (Lipinski definition) is 2. The SMILES string of the molecule is CC(C1CC1)N(CC(=O)Nc1ccc(-c2ccccc2)cc1)C1CC1. The lowest BCUT2D eigenvalue weighted by atomic mass is 10.1. The highest BCUT2D eigenvalue weighted by atomic mass is 16.2. The monoisotopic (exact) mass is 334 g/mol. The summed E-state index contributed by atoms with van der Waals surface area (Å²) in [5.74, 6) is 0.908. The Labute approximate surface area is 150 Å². The number of rotatable bonds is 7. The van der Waals surface area contributed by atoms with Crippen molar-refractivity contribution in [2.24, 2.45) is 5.92 Å². The van der Waals surface area contributed by atoms with Gasteiger partial charge in [-0.05, 0) is 61.8 Å². The molecule has 0 bridgehead atoms. The van der Waals surface area contributed by atoms with Crippen molar-refractivity contribution in [2.75, 3.05) is 11.9 Å². The molecule has 1 unspecified atom stereocenters. The molecule has 1 N–H and O–H groups in total. The van der Waals surface area contributed by atoms with Crippen molar-refractivity contribution in [2.45, 2.75) is 44.7 Å². The predicted molar refractivity (Wildman–Crippen MR) is 102 cm³/mol. The van der Waals surface area contributed by atoms with Gasteiger partial charge in [-0.3, -0.25) is 9.69 Å². The maximum absolute atomic E-state index is 12.5. The van der Waals surface area contributed by atoms with Gasteiger partial charge in [-0.1, -0.05) is 42.5 Å². The third-order valence-electron chi connectivity index (χ3n) is 5.45. The minimum absolute atomic E-state index is 0.104. The second-order valence-electron chi connectivity index (χ2n) is 7.47. The first-order valence-electron chi connectivity index (χ1n) is 9.42. The minimum atomic E-state index is 0.104. The maximum atomic E-state index is 12.5. The molecular formula is C22H26N2O. The molecule has 0 radical (unpaired) electrons. The summed E-state index contributed by atoms with van der Waals surface area (Å²) in [5.41, 5.74) is 3.23. The zero-order valence-corrected chi connectivity index (χ0v) is 14.8. The molecule has 0 aromatic heterocycles. The quantitative estimate of drug-likeness (QED) is 0.805. The van der Waals surface area contributed by atoms with Gasteiger partial charge in [0.2, 0.25) is 5.91 Å². The molecule has 130 valence electrons. The van der Waals surface area contributed by atoms with Gasteiger partial charge in [0.05, 0.1) is 6.54 Å². The van der Waals surface area contributed by atoms with Gasteiger partial charge >= 0.3 is 0 Å². The predicted octanol–water partition coefficient (Wildman–Crippen LogP) is 4.56. The Hall–Kier alpha value is -2.13. The van der Waals surface area contributed by atoms with Crippen LogP contribution in [0, 0.1) is 5.92 Å². The molecular weight excluding hydrogens is 308 g/mol. The topological polar surface area (TPSA) is 32.3 Å². The molecule has 2 aromatic carbocycles. The van der Waals surface area contributed by atoms with Crippen molar-refractivity contribution in [3.05, 3.63) is 54.6 Å². The third kappa shape index (κ3) is 4.10. The first kappa shape index (κ1) is 16.3. The highest BCUT2D eigenvalue weighted by molar-refractivity contribution is 5.92. The molecule has 2 aromatic rings. The number of anilines is 1. The summed E-state index contributed by atoms with van der Waals surface area (Å²) in [4.78, 5) is 14.9. The van der Waals surface area contributed by atoms with E-state index >= 15 is 0 Å². The summed E-state index contributed by atoms with van der Waals surface area (Å²) in [6.07, 6.45) is 5.14. The molecule has 4 rings (SSSR count). The summed E-state index contributed by atoms with van der Waals surface area (Å²) in [6, 6.07) is 19.6. The summed E-state index contributed by atoms with van der Waals surface area (Å²) in [6.45, 7) is 2.81. The highest BCUT2D eigenvalue weighted by Crippen LogP contribution is 2.39. The molecule has 25 heavy (non-hydrogen) atoms. The lowest BCUT2D eigenvalue weighted by Crippen LogP contribution is -2.42. The van der Waals surface area contributed by atoms with E-state index in [1.807, 2.05) is 30.3 Å². The second kappa shape index (κ2) is 7.01. The van der Waals surface area contributed by atoms with E-state index in [1.165, 1.54) is 36.8 Å². The molecule has 1 atom stereocenters. The highest BCUT2D eigenvalue weighted by Gasteiger charge is 2.39. The number of nitrogens with zero attached hydrogens (tertiary/aromatic N) is 1. The third-order valence-corrected chi connectivity index (χ3v) is 5.45. The number of carbonyl (C=O) groups excluding carboxylic acids is 1. The molecule has 0 aliphatic heterocycles. The van der Waals surface area contributed by atoms with Crippen molar-refractivity contribution in [1.29, 1.82) is 0 Å². The first-order chi connectivity index (χ1) is 12.2. The first-order valence-corrected chi connectivity index (χ1v) is 9.42. The number of carbonyl (C=O) groups is 1. The molecule has 0 heterocycles. The van der Waals surface area contributed by atoms with Crippen LogP contribution in [0.5, 0.6) is 0 Å². The normalized spacial score (nSPS) is 18.2. The van der Waals surface area contributed by atoms with Crippen molar-refractivity contribution in [1.82, 2.24) is 4.90 Å². The van der Waals surface area contributed by atoms with Gasteiger partial charge in [0, 0.05) is 17.8 Å². The lowest BCUT2D eigenvalue weighted by Gasteiger charge is -2.28. The fraction of sp³-hybridized carbons (Fsp3) is 0.409. The molecule has 2 saturated carbocycles. The van der Waals surface area contributed by atoms with Gasteiger partial charge in [-0.2, -0.15) is 0 Å². The zero-order chi connectivity index (χ0) is 17.2. The average molecular weight is 334 g/mol. The molecule has 3 heteroatoms. The van der Waals surface area contributed by atoms with Gasteiger partial charge < -0.3 is 5.32 Å². The van der Waals surface area contributed by atoms with Crippen molar-refractivity contribution in [3.63, 3.8) is 0 Å². The maximum Gasteiger partial charge on any atom is 0.238 e. The Morgan fingerprint density at radius 1 is 1.00 bits per heavy atom. The minimum Gasteiger partial charge on any atom is -0.325 e. The summed E-state index contributed by atoms with van der Waals surface area (Å²) >= 11 is 0. The smallest absolute Gasteiger partial charge is 0.238 e. The molecule has 0 spiro atoms.